The van der Waals surface area contributed by atoms with Gasteiger partial charge in [0.1, 0.15) is 5.69 Å². The number of benzene rings is 2. The van der Waals surface area contributed by atoms with Crippen molar-refractivity contribution in [2.24, 2.45) is 0 Å². The van der Waals surface area contributed by atoms with E-state index in [-0.39, 0.29) is 5.91 Å². The molecule has 0 aliphatic carbocycles. The van der Waals surface area contributed by atoms with E-state index in [1.807, 2.05) is 36.4 Å². The largest absolute Gasteiger partial charge is 0.356 e. The first-order chi connectivity index (χ1) is 14.0. The molecule has 0 saturated heterocycles. The molecule has 3 aromatic heterocycles. The molecule has 29 heavy (non-hydrogen) atoms. The second-order valence-corrected chi connectivity index (χ2v) is 6.10. The van der Waals surface area contributed by atoms with Gasteiger partial charge >= 0.3 is 0 Å². The molecule has 0 atom stereocenters. The second-order valence-electron chi connectivity index (χ2n) is 6.10. The highest BCUT2D eigenvalue weighted by Crippen LogP contribution is 2.33. The number of nitrogens with zero attached hydrogens (tertiary/aromatic N) is 7. The Bertz CT molecular complexity index is 1470. The lowest BCUT2D eigenvalue weighted by molar-refractivity contribution is -0.402. The van der Waals surface area contributed by atoms with Crippen LogP contribution in [0.2, 0.25) is 0 Å². The number of rotatable bonds is 0. The number of imidazole rings is 1. The second kappa shape index (κ2) is 5.99. The first kappa shape index (κ1) is 16.6. The van der Waals surface area contributed by atoms with Gasteiger partial charge in [-0.25, -0.2) is 24.9 Å². The fourth-order valence-electron chi connectivity index (χ4n) is 3.32. The van der Waals surface area contributed by atoms with E-state index in [0.717, 1.165) is 22.1 Å². The highest BCUT2D eigenvalue weighted by Gasteiger charge is 2.32. The maximum Gasteiger partial charge on any atom is 0.285 e. The Kier molecular flexibility index (Phi) is 3.43. The van der Waals surface area contributed by atoms with Gasteiger partial charge in [0.25, 0.3) is 5.91 Å². The normalized spacial score (nSPS) is 11.9. The van der Waals surface area contributed by atoms with E-state index in [1.165, 1.54) is 6.20 Å². The zero-order valence-electron chi connectivity index (χ0n) is 14.4. The molecule has 5 aromatic rings. The maximum atomic E-state index is 12.7. The van der Waals surface area contributed by atoms with Crippen LogP contribution in [0.15, 0.2) is 48.8 Å². The summed E-state index contributed by atoms with van der Waals surface area (Å²) in [7, 11) is 0. The van der Waals surface area contributed by atoms with Crippen molar-refractivity contribution in [2.45, 2.75) is 0 Å². The molecule has 0 bridgehead atoms. The predicted octanol–water partition coefficient (Wildman–Crippen LogP) is 2.35. The van der Waals surface area contributed by atoms with Crippen LogP contribution in [0.25, 0.3) is 44.6 Å². The third-order valence-electron chi connectivity index (χ3n) is 4.43. The molecule has 6 rings (SSSR count). The van der Waals surface area contributed by atoms with Gasteiger partial charge in [0.2, 0.25) is 0 Å². The Morgan fingerprint density at radius 2 is 1.38 bits per heavy atom. The van der Waals surface area contributed by atoms with Gasteiger partial charge < -0.3 is 15.3 Å². The van der Waals surface area contributed by atoms with Gasteiger partial charge in [-0.3, -0.25) is 9.36 Å². The molecule has 0 N–H and O–H groups in total. The summed E-state index contributed by atoms with van der Waals surface area (Å²) in [4.78, 5) is 43.2. The van der Waals surface area contributed by atoms with Crippen molar-refractivity contribution >= 4 is 39.0 Å². The SMILES string of the molecule is O=C1c2nccnc2-c2nc3cc4nc5ccccc5nc4cc3n21.O=[N+]([O-])[O-]. The number of fused-ring (bicyclic) bond motifs is 7. The minimum absolute atomic E-state index is 0.214. The molecule has 0 radical (unpaired) electrons. The van der Waals surface area contributed by atoms with E-state index in [1.54, 1.807) is 10.8 Å². The molecule has 0 saturated carbocycles. The van der Waals surface area contributed by atoms with E-state index in [0.29, 0.717) is 28.2 Å². The molecule has 2 aromatic carbocycles. The zero-order chi connectivity index (χ0) is 20.1. The molecule has 0 unspecified atom stereocenters. The van der Waals surface area contributed by atoms with Crippen molar-refractivity contribution in [2.75, 3.05) is 0 Å². The summed E-state index contributed by atoms with van der Waals surface area (Å²) in [5.74, 6) is 0.302. The van der Waals surface area contributed by atoms with Crippen LogP contribution in [-0.2, 0) is 0 Å². The van der Waals surface area contributed by atoms with E-state index < -0.39 is 5.09 Å². The first-order valence-corrected chi connectivity index (χ1v) is 8.29. The van der Waals surface area contributed by atoms with Crippen molar-refractivity contribution in [3.8, 4) is 11.5 Å². The standard InChI is InChI=1S/C18H8N6O.NO3/c25-18-16-15(19-5-6-20-16)17-23-13-7-11-12(8-14(13)24(17)18)22-10-4-2-1-3-9(10)21-11;2-1(3)4/h1-8H;/q;-1. The zero-order valence-corrected chi connectivity index (χ0v) is 14.4. The van der Waals surface area contributed by atoms with Gasteiger partial charge in [-0.1, -0.05) is 12.1 Å². The summed E-state index contributed by atoms with van der Waals surface area (Å²) in [5, 5.41) is 14.8. The van der Waals surface area contributed by atoms with Crippen LogP contribution >= 0.6 is 0 Å². The van der Waals surface area contributed by atoms with Gasteiger partial charge in [-0.2, -0.15) is 0 Å². The molecule has 11 heteroatoms. The molecule has 1 aliphatic rings. The number of para-hydroxylation sites is 2. The van der Waals surface area contributed by atoms with Gasteiger partial charge in [0, 0.05) is 12.4 Å². The third-order valence-corrected chi connectivity index (χ3v) is 4.43. The van der Waals surface area contributed by atoms with Gasteiger partial charge in [0.05, 0.1) is 38.2 Å². The number of carbonyl (C=O) groups is 1. The minimum Gasteiger partial charge on any atom is -0.356 e. The van der Waals surface area contributed by atoms with Crippen LogP contribution in [0.5, 0.6) is 0 Å². The lowest BCUT2D eigenvalue weighted by Crippen LogP contribution is -2.07. The Hall–Kier alpha value is -4.54. The molecular formula is C18H8N7O4-. The number of carbonyl (C=O) groups excluding carboxylic acids is 1. The molecule has 1 aliphatic heterocycles. The molecule has 0 amide bonds. The van der Waals surface area contributed by atoms with Crippen molar-refractivity contribution in [1.29, 1.82) is 0 Å². The van der Waals surface area contributed by atoms with Gasteiger partial charge in [-0.15, -0.1) is 0 Å². The lowest BCUT2D eigenvalue weighted by atomic mass is 10.2. The lowest BCUT2D eigenvalue weighted by Gasteiger charge is -2.02. The summed E-state index contributed by atoms with van der Waals surface area (Å²) in [6.07, 6.45) is 3.08. The highest BCUT2D eigenvalue weighted by molar-refractivity contribution is 6.11. The van der Waals surface area contributed by atoms with E-state index >= 15 is 0 Å². The summed E-state index contributed by atoms with van der Waals surface area (Å²) in [5.41, 5.74) is 5.33. The molecule has 4 heterocycles. The fourth-order valence-corrected chi connectivity index (χ4v) is 3.32. The van der Waals surface area contributed by atoms with Crippen LogP contribution in [0.4, 0.5) is 0 Å². The summed E-state index contributed by atoms with van der Waals surface area (Å²) >= 11 is 0. The average Bonchev–Trinajstić information content (AvgIpc) is 3.20. The summed E-state index contributed by atoms with van der Waals surface area (Å²) in [6.45, 7) is 0. The Morgan fingerprint density at radius 3 is 2.03 bits per heavy atom. The van der Waals surface area contributed by atoms with Crippen LogP contribution in [0, 0.1) is 15.3 Å². The molecule has 11 nitrogen and oxygen atoms in total. The van der Waals surface area contributed by atoms with Crippen LogP contribution in [-0.4, -0.2) is 40.5 Å². The van der Waals surface area contributed by atoms with Crippen molar-refractivity contribution in [3.63, 3.8) is 0 Å². The Labute approximate surface area is 160 Å². The number of aromatic nitrogens is 6. The molecular weight excluding hydrogens is 378 g/mol. The smallest absolute Gasteiger partial charge is 0.285 e. The minimum atomic E-state index is -1.75. The third kappa shape index (κ3) is 2.52. The maximum absolute atomic E-state index is 12.7. The van der Waals surface area contributed by atoms with Crippen LogP contribution in [0.1, 0.15) is 10.5 Å². The molecule has 140 valence electrons. The highest BCUT2D eigenvalue weighted by atomic mass is 16.9. The molecule has 0 spiro atoms. The topological polar surface area (TPSA) is 153 Å². The van der Waals surface area contributed by atoms with Crippen molar-refractivity contribution in [1.82, 2.24) is 29.5 Å². The quantitative estimate of drug-likeness (QED) is 0.217. The van der Waals surface area contributed by atoms with E-state index in [2.05, 4.69) is 24.9 Å². The Morgan fingerprint density at radius 1 is 0.793 bits per heavy atom. The average molecular weight is 386 g/mol. The summed E-state index contributed by atoms with van der Waals surface area (Å²) < 4.78 is 1.55. The van der Waals surface area contributed by atoms with Crippen molar-refractivity contribution in [3.05, 3.63) is 69.8 Å². The van der Waals surface area contributed by atoms with Crippen LogP contribution < -0.4 is 0 Å². The van der Waals surface area contributed by atoms with Crippen LogP contribution in [0.3, 0.4) is 0 Å². The predicted molar refractivity (Wildman–Crippen MR) is 101 cm³/mol. The van der Waals surface area contributed by atoms with Gasteiger partial charge in [-0.05, 0) is 24.3 Å². The summed E-state index contributed by atoms with van der Waals surface area (Å²) in [6, 6.07) is 11.4. The van der Waals surface area contributed by atoms with Crippen molar-refractivity contribution < 1.29 is 9.88 Å². The molecule has 0 fully saturated rings. The fraction of sp³-hybridized carbons (Fsp3) is 0. The first-order valence-electron chi connectivity index (χ1n) is 8.29. The monoisotopic (exact) mass is 386 g/mol. The van der Waals surface area contributed by atoms with E-state index in [9.17, 15) is 4.79 Å². The number of hydrogen-bond donors (Lipinski definition) is 0. The Balaban J connectivity index is 0.000000419. The number of hydrogen-bond acceptors (Lipinski definition) is 9. The van der Waals surface area contributed by atoms with Gasteiger partial charge in [0.15, 0.2) is 11.5 Å². The van der Waals surface area contributed by atoms with E-state index in [4.69, 9.17) is 15.3 Å².